The fraction of sp³-hybridized carbons (Fsp3) is 0.250. The van der Waals surface area contributed by atoms with Gasteiger partial charge in [0.25, 0.3) is 5.91 Å². The second-order valence-electron chi connectivity index (χ2n) is 8.83. The highest BCUT2D eigenvalue weighted by Gasteiger charge is 2.39. The smallest absolute Gasteiger partial charge is 0.325 e. The van der Waals surface area contributed by atoms with Crippen LogP contribution < -0.4 is 20.1 Å². The van der Waals surface area contributed by atoms with Gasteiger partial charge in [-0.05, 0) is 35.2 Å². The van der Waals surface area contributed by atoms with Crippen LogP contribution in [-0.2, 0) is 16.1 Å². The molecule has 0 aliphatic carbocycles. The summed E-state index contributed by atoms with van der Waals surface area (Å²) in [7, 11) is 0. The quantitative estimate of drug-likeness (QED) is 0.452. The number of ether oxygens (including phenoxy) is 2. The predicted molar refractivity (Wildman–Crippen MR) is 132 cm³/mol. The predicted octanol–water partition coefficient (Wildman–Crippen LogP) is 3.56. The lowest BCUT2D eigenvalue weighted by Crippen LogP contribution is -2.37. The Morgan fingerprint density at radius 1 is 0.944 bits per heavy atom. The number of hydrogen-bond donors (Lipinski definition) is 2. The molecule has 1 atom stereocenters. The molecule has 0 aromatic heterocycles. The van der Waals surface area contributed by atoms with Gasteiger partial charge in [-0.25, -0.2) is 4.79 Å². The number of nitrogens with zero attached hydrogens (tertiary/aromatic N) is 1. The topological polar surface area (TPSA) is 97.0 Å². The van der Waals surface area contributed by atoms with Crippen molar-refractivity contribution in [2.75, 3.05) is 13.3 Å². The minimum absolute atomic E-state index is 0.0925. The van der Waals surface area contributed by atoms with E-state index in [2.05, 4.69) is 34.9 Å². The summed E-state index contributed by atoms with van der Waals surface area (Å²) in [4.78, 5) is 39.0. The third-order valence-electron chi connectivity index (χ3n) is 6.43. The van der Waals surface area contributed by atoms with Crippen molar-refractivity contribution in [1.29, 1.82) is 0 Å². The molecule has 184 valence electrons. The lowest BCUT2D eigenvalue weighted by atomic mass is 9.88. The summed E-state index contributed by atoms with van der Waals surface area (Å²) in [6, 6.07) is 24.2. The molecule has 5 rings (SSSR count). The molecule has 3 aromatic rings. The van der Waals surface area contributed by atoms with Crippen molar-refractivity contribution >= 4 is 17.8 Å². The number of urea groups is 1. The molecule has 3 aromatic carbocycles. The highest BCUT2D eigenvalue weighted by atomic mass is 16.7. The minimum Gasteiger partial charge on any atom is -0.454 e. The van der Waals surface area contributed by atoms with Crippen molar-refractivity contribution in [3.63, 3.8) is 0 Å². The molecule has 4 amide bonds. The molecule has 0 bridgehead atoms. The SMILES string of the molecule is O=C(CC1NC(=O)N(Cc2ccc3c(c2)OCO3)C1=O)NCCC(c1ccccc1)c1ccccc1. The lowest BCUT2D eigenvalue weighted by Gasteiger charge is -2.19. The molecule has 8 nitrogen and oxygen atoms in total. The number of carbonyl (C=O) groups is 3. The van der Waals surface area contributed by atoms with Crippen molar-refractivity contribution in [3.8, 4) is 11.5 Å². The van der Waals surface area contributed by atoms with Gasteiger partial charge in [0.2, 0.25) is 12.7 Å². The molecule has 2 aliphatic heterocycles. The molecule has 36 heavy (non-hydrogen) atoms. The van der Waals surface area contributed by atoms with Crippen LogP contribution in [0.3, 0.4) is 0 Å². The molecule has 1 saturated heterocycles. The van der Waals surface area contributed by atoms with Crippen LogP contribution in [0.15, 0.2) is 78.9 Å². The van der Waals surface area contributed by atoms with Crippen LogP contribution >= 0.6 is 0 Å². The maximum absolute atomic E-state index is 12.8. The first-order valence-corrected chi connectivity index (χ1v) is 12.0. The van der Waals surface area contributed by atoms with Crippen LogP contribution in [0, 0.1) is 0 Å². The Bertz CT molecular complexity index is 1210. The van der Waals surface area contributed by atoms with Gasteiger partial charge in [0.15, 0.2) is 11.5 Å². The minimum atomic E-state index is -0.884. The van der Waals surface area contributed by atoms with E-state index in [-0.39, 0.29) is 31.6 Å². The second kappa shape index (κ2) is 10.5. The van der Waals surface area contributed by atoms with Gasteiger partial charge in [-0.15, -0.1) is 0 Å². The zero-order valence-corrected chi connectivity index (χ0v) is 19.7. The molecule has 1 fully saturated rings. The van der Waals surface area contributed by atoms with Crippen LogP contribution in [-0.4, -0.2) is 42.1 Å². The monoisotopic (exact) mass is 485 g/mol. The highest BCUT2D eigenvalue weighted by Crippen LogP contribution is 2.33. The molecular weight excluding hydrogens is 458 g/mol. The molecular formula is C28H27N3O5. The van der Waals surface area contributed by atoms with Gasteiger partial charge in [0.05, 0.1) is 13.0 Å². The van der Waals surface area contributed by atoms with Crippen molar-refractivity contribution in [3.05, 3.63) is 95.6 Å². The van der Waals surface area contributed by atoms with Crippen LogP contribution in [0.25, 0.3) is 0 Å². The standard InChI is InChI=1S/C28H27N3O5/c32-26(29-14-13-22(20-7-3-1-4-8-20)21-9-5-2-6-10-21)16-23-27(33)31(28(34)30-23)17-19-11-12-24-25(15-19)36-18-35-24/h1-12,15,22-23H,13-14,16-18H2,(H,29,32)(H,30,34). The largest absolute Gasteiger partial charge is 0.454 e. The fourth-order valence-corrected chi connectivity index (χ4v) is 4.60. The first kappa shape index (κ1) is 23.4. The van der Waals surface area contributed by atoms with E-state index >= 15 is 0 Å². The Labute approximate surface area is 209 Å². The maximum Gasteiger partial charge on any atom is 0.325 e. The molecule has 0 spiro atoms. The fourth-order valence-electron chi connectivity index (χ4n) is 4.60. The number of nitrogens with one attached hydrogen (secondary N) is 2. The lowest BCUT2D eigenvalue weighted by molar-refractivity contribution is -0.131. The van der Waals surface area contributed by atoms with E-state index in [1.807, 2.05) is 36.4 Å². The second-order valence-corrected chi connectivity index (χ2v) is 8.83. The highest BCUT2D eigenvalue weighted by molar-refractivity contribution is 6.05. The van der Waals surface area contributed by atoms with Gasteiger partial charge in [-0.2, -0.15) is 0 Å². The molecule has 8 heteroatoms. The molecule has 0 radical (unpaired) electrons. The number of rotatable bonds is 9. The summed E-state index contributed by atoms with van der Waals surface area (Å²) < 4.78 is 10.7. The van der Waals surface area contributed by atoms with Gasteiger partial charge in [-0.3, -0.25) is 14.5 Å². The van der Waals surface area contributed by atoms with Crippen LogP contribution in [0.4, 0.5) is 4.79 Å². The molecule has 2 N–H and O–H groups in total. The van der Waals surface area contributed by atoms with E-state index in [0.717, 1.165) is 10.5 Å². The number of carbonyl (C=O) groups excluding carboxylic acids is 3. The Morgan fingerprint density at radius 2 is 1.61 bits per heavy atom. The number of benzene rings is 3. The van der Waals surface area contributed by atoms with Crippen molar-refractivity contribution in [2.45, 2.75) is 31.3 Å². The summed E-state index contributed by atoms with van der Waals surface area (Å²) >= 11 is 0. The molecule has 1 unspecified atom stereocenters. The zero-order chi connectivity index (χ0) is 24.9. The van der Waals surface area contributed by atoms with E-state index in [1.54, 1.807) is 18.2 Å². The summed E-state index contributed by atoms with van der Waals surface area (Å²) in [5, 5.41) is 5.55. The summed E-state index contributed by atoms with van der Waals surface area (Å²) in [5.74, 6) is 0.655. The van der Waals surface area contributed by atoms with E-state index in [9.17, 15) is 14.4 Å². The summed E-state index contributed by atoms with van der Waals surface area (Å²) in [6.45, 7) is 0.689. The van der Waals surface area contributed by atoms with E-state index in [1.165, 1.54) is 11.1 Å². The van der Waals surface area contributed by atoms with Gasteiger partial charge in [-0.1, -0.05) is 66.7 Å². The number of imide groups is 1. The van der Waals surface area contributed by atoms with Crippen molar-refractivity contribution < 1.29 is 23.9 Å². The Kier molecular flexibility index (Phi) is 6.84. The van der Waals surface area contributed by atoms with Crippen LogP contribution in [0.1, 0.15) is 35.4 Å². The summed E-state index contributed by atoms with van der Waals surface area (Å²) in [6.07, 6.45) is 0.602. The maximum atomic E-state index is 12.8. The Hall–Kier alpha value is -4.33. The molecule has 0 saturated carbocycles. The average molecular weight is 486 g/mol. The first-order chi connectivity index (χ1) is 17.6. The average Bonchev–Trinajstić information content (AvgIpc) is 3.47. The molecule has 2 heterocycles. The number of hydrogen-bond acceptors (Lipinski definition) is 5. The number of amides is 4. The normalized spacial score (nSPS) is 16.4. The van der Waals surface area contributed by atoms with Gasteiger partial charge >= 0.3 is 6.03 Å². The number of fused-ring (bicyclic) bond motifs is 1. The van der Waals surface area contributed by atoms with E-state index < -0.39 is 18.0 Å². The van der Waals surface area contributed by atoms with Gasteiger partial charge in [0, 0.05) is 12.5 Å². The van der Waals surface area contributed by atoms with Crippen molar-refractivity contribution in [2.24, 2.45) is 0 Å². The van der Waals surface area contributed by atoms with Gasteiger partial charge in [0.1, 0.15) is 6.04 Å². The van der Waals surface area contributed by atoms with Crippen LogP contribution in [0.5, 0.6) is 11.5 Å². The van der Waals surface area contributed by atoms with E-state index in [4.69, 9.17) is 9.47 Å². The van der Waals surface area contributed by atoms with Crippen molar-refractivity contribution in [1.82, 2.24) is 15.5 Å². The first-order valence-electron chi connectivity index (χ1n) is 12.0. The third-order valence-corrected chi connectivity index (χ3v) is 6.43. The molecule has 2 aliphatic rings. The third kappa shape index (κ3) is 5.17. The van der Waals surface area contributed by atoms with Crippen LogP contribution in [0.2, 0.25) is 0 Å². The summed E-state index contributed by atoms with van der Waals surface area (Å²) in [5.41, 5.74) is 3.09. The van der Waals surface area contributed by atoms with Gasteiger partial charge < -0.3 is 20.1 Å². The Balaban J connectivity index is 1.15. The Morgan fingerprint density at radius 3 is 2.31 bits per heavy atom. The van der Waals surface area contributed by atoms with E-state index in [0.29, 0.717) is 24.5 Å². The zero-order valence-electron chi connectivity index (χ0n) is 19.7.